The van der Waals surface area contributed by atoms with Crippen LogP contribution in [0.4, 0.5) is 0 Å². The first-order chi connectivity index (χ1) is 11.7. The highest BCUT2D eigenvalue weighted by molar-refractivity contribution is 5.84. The van der Waals surface area contributed by atoms with Crippen LogP contribution in [0.15, 0.2) is 70.0 Å². The molecule has 0 atom stereocenters. The smallest absolute Gasteiger partial charge is 0.336 e. The Bertz CT molecular complexity index is 1090. The minimum Gasteiger partial charge on any atom is -0.487 e. The molecule has 4 heteroatoms. The lowest BCUT2D eigenvalue weighted by atomic mass is 10.1. The first kappa shape index (κ1) is 14.5. The van der Waals surface area contributed by atoms with Crippen molar-refractivity contribution in [3.05, 3.63) is 82.3 Å². The maximum absolute atomic E-state index is 11.8. The Hall–Kier alpha value is -3.14. The van der Waals surface area contributed by atoms with E-state index in [1.165, 1.54) is 6.07 Å². The third-order valence-corrected chi connectivity index (χ3v) is 3.96. The van der Waals surface area contributed by atoms with Crippen molar-refractivity contribution in [1.29, 1.82) is 0 Å². The van der Waals surface area contributed by atoms with Crippen LogP contribution in [0, 0.1) is 6.92 Å². The molecular weight excluding hydrogens is 302 g/mol. The average Bonchev–Trinajstić information content (AvgIpc) is 2.59. The van der Waals surface area contributed by atoms with Crippen molar-refractivity contribution in [2.24, 2.45) is 0 Å². The van der Waals surface area contributed by atoms with Crippen molar-refractivity contribution < 1.29 is 9.15 Å². The van der Waals surface area contributed by atoms with Gasteiger partial charge in [-0.05, 0) is 30.7 Å². The molecule has 2 aromatic carbocycles. The minimum atomic E-state index is -0.372. The van der Waals surface area contributed by atoms with Crippen molar-refractivity contribution in [2.45, 2.75) is 13.5 Å². The first-order valence-electron chi connectivity index (χ1n) is 7.71. The highest BCUT2D eigenvalue weighted by atomic mass is 16.5. The Labute approximate surface area is 138 Å². The van der Waals surface area contributed by atoms with Gasteiger partial charge in [-0.3, -0.25) is 4.98 Å². The molecule has 24 heavy (non-hydrogen) atoms. The van der Waals surface area contributed by atoms with E-state index in [9.17, 15) is 4.79 Å². The maximum Gasteiger partial charge on any atom is 0.336 e. The van der Waals surface area contributed by atoms with E-state index in [2.05, 4.69) is 4.98 Å². The van der Waals surface area contributed by atoms with Gasteiger partial charge in [-0.2, -0.15) is 0 Å². The predicted octanol–water partition coefficient (Wildman–Crippen LogP) is 4.23. The van der Waals surface area contributed by atoms with E-state index in [-0.39, 0.29) is 12.2 Å². The summed E-state index contributed by atoms with van der Waals surface area (Å²) >= 11 is 0. The Morgan fingerprint density at radius 1 is 1.08 bits per heavy atom. The number of fused-ring (bicyclic) bond motifs is 2. The number of para-hydroxylation sites is 1. The van der Waals surface area contributed by atoms with Crippen LogP contribution in [0.2, 0.25) is 0 Å². The summed E-state index contributed by atoms with van der Waals surface area (Å²) in [6.07, 6.45) is 1.74. The normalized spacial score (nSPS) is 11.0. The van der Waals surface area contributed by atoms with Crippen molar-refractivity contribution >= 4 is 21.9 Å². The molecule has 0 saturated heterocycles. The van der Waals surface area contributed by atoms with E-state index in [1.54, 1.807) is 6.20 Å². The number of hydrogen-bond donors (Lipinski definition) is 0. The molecule has 2 aromatic heterocycles. The van der Waals surface area contributed by atoms with Crippen LogP contribution in [0.3, 0.4) is 0 Å². The third-order valence-electron chi connectivity index (χ3n) is 3.96. The fraction of sp³-hybridized carbons (Fsp3) is 0.100. The van der Waals surface area contributed by atoms with Crippen LogP contribution >= 0.6 is 0 Å². The molecular formula is C20H15NO3. The molecule has 0 unspecified atom stereocenters. The van der Waals surface area contributed by atoms with Gasteiger partial charge >= 0.3 is 5.63 Å². The monoisotopic (exact) mass is 317 g/mol. The molecule has 4 nitrogen and oxygen atoms in total. The molecule has 4 rings (SSSR count). The molecule has 0 spiro atoms. The summed E-state index contributed by atoms with van der Waals surface area (Å²) in [6, 6.07) is 17.0. The van der Waals surface area contributed by atoms with E-state index >= 15 is 0 Å². The molecule has 0 N–H and O–H groups in total. The molecule has 0 amide bonds. The number of aromatic nitrogens is 1. The number of nitrogens with zero attached hydrogens (tertiary/aromatic N) is 1. The summed E-state index contributed by atoms with van der Waals surface area (Å²) in [7, 11) is 0. The number of aryl methyl sites for hydroxylation is 1. The van der Waals surface area contributed by atoms with Crippen molar-refractivity contribution in [3.8, 4) is 5.75 Å². The van der Waals surface area contributed by atoms with Crippen LogP contribution in [0.1, 0.15) is 11.1 Å². The highest BCUT2D eigenvalue weighted by Gasteiger charge is 2.08. The zero-order valence-electron chi connectivity index (χ0n) is 13.2. The van der Waals surface area contributed by atoms with Crippen molar-refractivity contribution in [2.75, 3.05) is 0 Å². The SMILES string of the molecule is Cc1ccc2c(COc3cccc4cccnc34)cc(=O)oc2c1. The predicted molar refractivity (Wildman–Crippen MR) is 93.3 cm³/mol. The Kier molecular flexibility index (Phi) is 3.50. The van der Waals surface area contributed by atoms with Crippen LogP contribution in [0.25, 0.3) is 21.9 Å². The number of pyridine rings is 1. The van der Waals surface area contributed by atoms with E-state index in [0.717, 1.165) is 27.4 Å². The van der Waals surface area contributed by atoms with Crippen LogP contribution in [-0.2, 0) is 6.61 Å². The number of ether oxygens (including phenoxy) is 1. The second kappa shape index (κ2) is 5.81. The van der Waals surface area contributed by atoms with E-state index in [4.69, 9.17) is 9.15 Å². The Morgan fingerprint density at radius 2 is 1.96 bits per heavy atom. The van der Waals surface area contributed by atoms with Gasteiger partial charge in [0.25, 0.3) is 0 Å². The lowest BCUT2D eigenvalue weighted by molar-refractivity contribution is 0.310. The molecule has 0 fully saturated rings. The molecule has 0 aliphatic carbocycles. The summed E-state index contributed by atoms with van der Waals surface area (Å²) in [5, 5.41) is 1.90. The molecule has 0 bridgehead atoms. The van der Waals surface area contributed by atoms with Crippen molar-refractivity contribution in [3.63, 3.8) is 0 Å². The Morgan fingerprint density at radius 3 is 2.88 bits per heavy atom. The number of rotatable bonds is 3. The summed E-state index contributed by atoms with van der Waals surface area (Å²) < 4.78 is 11.2. The van der Waals surface area contributed by atoms with Gasteiger partial charge < -0.3 is 9.15 Å². The molecule has 0 aliphatic heterocycles. The summed E-state index contributed by atoms with van der Waals surface area (Å²) in [5.74, 6) is 0.696. The minimum absolute atomic E-state index is 0.279. The molecule has 2 heterocycles. The number of hydrogen-bond acceptors (Lipinski definition) is 4. The van der Waals surface area contributed by atoms with Gasteiger partial charge in [-0.25, -0.2) is 4.79 Å². The molecule has 118 valence electrons. The number of benzene rings is 2. The zero-order valence-corrected chi connectivity index (χ0v) is 13.2. The van der Waals surface area contributed by atoms with Gasteiger partial charge in [0, 0.05) is 28.6 Å². The quantitative estimate of drug-likeness (QED) is 0.531. The van der Waals surface area contributed by atoms with Crippen LogP contribution in [-0.4, -0.2) is 4.98 Å². The van der Waals surface area contributed by atoms with Gasteiger partial charge in [0.2, 0.25) is 0 Å². The maximum atomic E-state index is 11.8. The second-order valence-corrected chi connectivity index (χ2v) is 5.71. The molecule has 0 saturated carbocycles. The highest BCUT2D eigenvalue weighted by Crippen LogP contribution is 2.25. The average molecular weight is 317 g/mol. The lowest BCUT2D eigenvalue weighted by Gasteiger charge is -2.10. The van der Waals surface area contributed by atoms with E-state index < -0.39 is 0 Å². The largest absolute Gasteiger partial charge is 0.487 e. The van der Waals surface area contributed by atoms with Crippen LogP contribution in [0.5, 0.6) is 5.75 Å². The van der Waals surface area contributed by atoms with Gasteiger partial charge in [0.05, 0.1) is 0 Å². The zero-order chi connectivity index (χ0) is 16.5. The van der Waals surface area contributed by atoms with E-state index in [0.29, 0.717) is 11.3 Å². The fourth-order valence-corrected chi connectivity index (χ4v) is 2.80. The Balaban J connectivity index is 1.73. The van der Waals surface area contributed by atoms with Gasteiger partial charge in [-0.1, -0.05) is 30.3 Å². The van der Waals surface area contributed by atoms with E-state index in [1.807, 2.05) is 55.5 Å². The summed E-state index contributed by atoms with van der Waals surface area (Å²) in [4.78, 5) is 16.2. The molecule has 0 aliphatic rings. The summed E-state index contributed by atoms with van der Waals surface area (Å²) in [5.41, 5.74) is 2.86. The van der Waals surface area contributed by atoms with Gasteiger partial charge in [0.15, 0.2) is 0 Å². The molecule has 4 aromatic rings. The van der Waals surface area contributed by atoms with Crippen molar-refractivity contribution in [1.82, 2.24) is 4.98 Å². The summed E-state index contributed by atoms with van der Waals surface area (Å²) in [6.45, 7) is 2.24. The van der Waals surface area contributed by atoms with Gasteiger partial charge in [-0.15, -0.1) is 0 Å². The standard InChI is InChI=1S/C20H15NO3/c1-13-7-8-16-15(11-19(22)24-18(16)10-13)12-23-17-6-2-4-14-5-3-9-21-20(14)17/h2-11H,12H2,1H3. The topological polar surface area (TPSA) is 52.3 Å². The van der Waals surface area contributed by atoms with Crippen LogP contribution < -0.4 is 10.4 Å². The first-order valence-corrected chi connectivity index (χ1v) is 7.71. The van der Waals surface area contributed by atoms with Gasteiger partial charge in [0.1, 0.15) is 23.5 Å². The lowest BCUT2D eigenvalue weighted by Crippen LogP contribution is -2.04. The third kappa shape index (κ3) is 2.63. The fourth-order valence-electron chi connectivity index (χ4n) is 2.80. The second-order valence-electron chi connectivity index (χ2n) is 5.71. The molecule has 0 radical (unpaired) electrons.